The van der Waals surface area contributed by atoms with E-state index in [-0.39, 0.29) is 17.8 Å². The molecular formula is C18H23FN4O2. The van der Waals surface area contributed by atoms with Crippen LogP contribution in [0.1, 0.15) is 18.5 Å². The van der Waals surface area contributed by atoms with Crippen LogP contribution in [0.4, 0.5) is 10.2 Å². The zero-order chi connectivity index (χ0) is 17.8. The van der Waals surface area contributed by atoms with Gasteiger partial charge >= 0.3 is 0 Å². The van der Waals surface area contributed by atoms with Crippen LogP contribution in [-0.2, 0) is 11.8 Å². The van der Waals surface area contributed by atoms with Gasteiger partial charge in [0.25, 0.3) is 0 Å². The number of hydrogen-bond acceptors (Lipinski definition) is 4. The van der Waals surface area contributed by atoms with Crippen LogP contribution in [-0.4, -0.2) is 46.3 Å². The summed E-state index contributed by atoms with van der Waals surface area (Å²) >= 11 is 0. The van der Waals surface area contributed by atoms with Crippen LogP contribution >= 0.6 is 0 Å². The first-order valence-corrected chi connectivity index (χ1v) is 8.44. The lowest BCUT2D eigenvalue weighted by Crippen LogP contribution is -2.42. The van der Waals surface area contributed by atoms with Gasteiger partial charge in [-0.2, -0.15) is 5.10 Å². The molecular weight excluding hydrogens is 323 g/mol. The van der Waals surface area contributed by atoms with Gasteiger partial charge in [0.1, 0.15) is 17.7 Å². The number of halogens is 1. The van der Waals surface area contributed by atoms with E-state index >= 15 is 0 Å². The fraction of sp³-hybridized carbons (Fsp3) is 0.444. The van der Waals surface area contributed by atoms with Gasteiger partial charge in [-0.25, -0.2) is 4.39 Å². The third-order valence-corrected chi connectivity index (χ3v) is 4.38. The average Bonchev–Trinajstić information content (AvgIpc) is 2.87. The molecule has 0 spiro atoms. The maximum absolute atomic E-state index is 13.2. The molecule has 1 fully saturated rings. The first kappa shape index (κ1) is 17.4. The van der Waals surface area contributed by atoms with Crippen LogP contribution in [0.5, 0.6) is 5.75 Å². The molecule has 0 radical (unpaired) electrons. The topological polar surface area (TPSA) is 59.4 Å². The Kier molecular flexibility index (Phi) is 5.33. The number of amides is 1. The number of ether oxygens (including phenoxy) is 1. The van der Waals surface area contributed by atoms with Gasteiger partial charge in [-0.3, -0.25) is 14.4 Å². The van der Waals surface area contributed by atoms with Crippen molar-refractivity contribution in [2.75, 3.05) is 25.0 Å². The molecule has 3 rings (SSSR count). The third-order valence-electron chi connectivity index (χ3n) is 4.38. The van der Waals surface area contributed by atoms with Gasteiger partial charge in [-0.1, -0.05) is 6.07 Å². The van der Waals surface area contributed by atoms with Gasteiger partial charge in [0.15, 0.2) is 5.82 Å². The van der Waals surface area contributed by atoms with Crippen LogP contribution in [0, 0.1) is 12.7 Å². The summed E-state index contributed by atoms with van der Waals surface area (Å²) in [6.45, 7) is 3.82. The van der Waals surface area contributed by atoms with Gasteiger partial charge in [0.05, 0.1) is 6.54 Å². The number of carbonyl (C=O) groups excluding carboxylic acids is 1. The molecule has 2 heterocycles. The third kappa shape index (κ3) is 4.79. The van der Waals surface area contributed by atoms with Crippen LogP contribution < -0.4 is 10.1 Å². The van der Waals surface area contributed by atoms with Crippen molar-refractivity contribution < 1.29 is 13.9 Å². The molecule has 1 aromatic heterocycles. The maximum atomic E-state index is 13.2. The highest BCUT2D eigenvalue weighted by atomic mass is 19.1. The molecule has 0 saturated carbocycles. The number of nitrogens with zero attached hydrogens (tertiary/aromatic N) is 3. The van der Waals surface area contributed by atoms with E-state index in [9.17, 15) is 9.18 Å². The second-order valence-electron chi connectivity index (χ2n) is 6.39. The molecule has 0 atom stereocenters. The number of aryl methyl sites for hydroxylation is 2. The minimum absolute atomic E-state index is 0.0551. The smallest absolute Gasteiger partial charge is 0.239 e. The molecule has 0 bridgehead atoms. The van der Waals surface area contributed by atoms with Crippen molar-refractivity contribution in [3.05, 3.63) is 41.8 Å². The number of nitrogens with one attached hydrogen (secondary N) is 1. The Labute approximate surface area is 146 Å². The van der Waals surface area contributed by atoms with Crippen molar-refractivity contribution in [3.8, 4) is 5.75 Å². The summed E-state index contributed by atoms with van der Waals surface area (Å²) in [6, 6.07) is 8.05. The summed E-state index contributed by atoms with van der Waals surface area (Å²) in [6.07, 6.45) is 1.68. The van der Waals surface area contributed by atoms with Gasteiger partial charge in [-0.05, 0) is 31.9 Å². The quantitative estimate of drug-likeness (QED) is 0.903. The first-order chi connectivity index (χ1) is 12.0. The molecule has 0 unspecified atom stereocenters. The second kappa shape index (κ2) is 7.65. The Hall–Kier alpha value is -2.41. The number of likely N-dealkylation sites (tertiary alicyclic amines) is 1. The molecule has 1 saturated heterocycles. The Morgan fingerprint density at radius 3 is 2.76 bits per heavy atom. The molecule has 1 N–H and O–H groups in total. The predicted molar refractivity (Wildman–Crippen MR) is 93.1 cm³/mol. The molecule has 1 aliphatic rings. The van der Waals surface area contributed by atoms with E-state index < -0.39 is 0 Å². The van der Waals surface area contributed by atoms with E-state index in [0.29, 0.717) is 18.1 Å². The number of benzene rings is 1. The minimum atomic E-state index is -0.295. The van der Waals surface area contributed by atoms with E-state index in [0.717, 1.165) is 31.6 Å². The van der Waals surface area contributed by atoms with E-state index in [1.807, 2.05) is 20.0 Å². The van der Waals surface area contributed by atoms with Crippen LogP contribution in [0.2, 0.25) is 0 Å². The second-order valence-corrected chi connectivity index (χ2v) is 6.39. The van der Waals surface area contributed by atoms with Gasteiger partial charge in [0, 0.05) is 38.0 Å². The average molecular weight is 346 g/mol. The number of aromatic nitrogens is 2. The number of carbonyl (C=O) groups is 1. The van der Waals surface area contributed by atoms with Crippen molar-refractivity contribution in [1.29, 1.82) is 0 Å². The highest BCUT2D eigenvalue weighted by Crippen LogP contribution is 2.19. The van der Waals surface area contributed by atoms with E-state index in [4.69, 9.17) is 4.74 Å². The lowest BCUT2D eigenvalue weighted by atomic mass is 10.1. The van der Waals surface area contributed by atoms with E-state index in [1.54, 1.807) is 16.8 Å². The van der Waals surface area contributed by atoms with Crippen molar-refractivity contribution in [2.24, 2.45) is 7.05 Å². The molecule has 6 nitrogen and oxygen atoms in total. The van der Waals surface area contributed by atoms with E-state index in [1.165, 1.54) is 12.1 Å². The maximum Gasteiger partial charge on any atom is 0.239 e. The van der Waals surface area contributed by atoms with Crippen molar-refractivity contribution >= 4 is 11.7 Å². The van der Waals surface area contributed by atoms with Crippen LogP contribution in [0.25, 0.3) is 0 Å². The first-order valence-electron chi connectivity index (χ1n) is 8.44. The number of piperidine rings is 1. The van der Waals surface area contributed by atoms with Crippen LogP contribution in [0.3, 0.4) is 0 Å². The number of rotatable bonds is 5. The fourth-order valence-corrected chi connectivity index (χ4v) is 2.93. The summed E-state index contributed by atoms with van der Waals surface area (Å²) in [5.41, 5.74) is 0.991. The molecule has 134 valence electrons. The minimum Gasteiger partial charge on any atom is -0.490 e. The Bertz CT molecular complexity index is 719. The number of anilines is 1. The summed E-state index contributed by atoms with van der Waals surface area (Å²) in [5.74, 6) is 0.773. The lowest BCUT2D eigenvalue weighted by molar-refractivity contribution is -0.117. The highest BCUT2D eigenvalue weighted by Gasteiger charge is 2.22. The Balaban J connectivity index is 1.43. The fourth-order valence-electron chi connectivity index (χ4n) is 2.93. The zero-order valence-corrected chi connectivity index (χ0v) is 14.5. The lowest BCUT2D eigenvalue weighted by Gasteiger charge is -2.31. The van der Waals surface area contributed by atoms with Crippen molar-refractivity contribution in [3.63, 3.8) is 0 Å². The largest absolute Gasteiger partial charge is 0.490 e. The Morgan fingerprint density at radius 2 is 2.12 bits per heavy atom. The Morgan fingerprint density at radius 1 is 1.36 bits per heavy atom. The highest BCUT2D eigenvalue weighted by molar-refractivity contribution is 5.91. The van der Waals surface area contributed by atoms with Crippen molar-refractivity contribution in [2.45, 2.75) is 25.9 Å². The normalized spacial score (nSPS) is 16.0. The zero-order valence-electron chi connectivity index (χ0n) is 14.5. The summed E-state index contributed by atoms with van der Waals surface area (Å²) in [5, 5.41) is 7.05. The molecule has 2 aromatic rings. The predicted octanol–water partition coefficient (Wildman–Crippen LogP) is 2.35. The summed E-state index contributed by atoms with van der Waals surface area (Å²) in [7, 11) is 1.84. The molecule has 1 amide bonds. The molecule has 1 aromatic carbocycles. The summed E-state index contributed by atoms with van der Waals surface area (Å²) < 4.78 is 20.7. The van der Waals surface area contributed by atoms with Gasteiger partial charge in [0.2, 0.25) is 5.91 Å². The van der Waals surface area contributed by atoms with Crippen LogP contribution in [0.15, 0.2) is 30.3 Å². The molecule has 25 heavy (non-hydrogen) atoms. The molecule has 1 aliphatic heterocycles. The molecule has 7 heteroatoms. The van der Waals surface area contributed by atoms with Gasteiger partial charge in [-0.15, -0.1) is 0 Å². The monoisotopic (exact) mass is 346 g/mol. The van der Waals surface area contributed by atoms with Gasteiger partial charge < -0.3 is 10.1 Å². The number of hydrogen-bond donors (Lipinski definition) is 1. The van der Waals surface area contributed by atoms with E-state index in [2.05, 4.69) is 15.3 Å². The SMILES string of the molecule is Cc1cc(NC(=O)CN2CCC(Oc3cccc(F)c3)CC2)nn1C. The van der Waals surface area contributed by atoms with Crippen molar-refractivity contribution in [1.82, 2.24) is 14.7 Å². The summed E-state index contributed by atoms with van der Waals surface area (Å²) in [4.78, 5) is 14.2. The molecule has 0 aliphatic carbocycles. The standard InChI is InChI=1S/C18H23FN4O2/c1-13-10-17(21-22(13)2)20-18(24)12-23-8-6-15(7-9-23)25-16-5-3-4-14(19)11-16/h3-5,10-11,15H,6-9,12H2,1-2H3,(H,20,21,24).